The number of hydrogen-bond donors (Lipinski definition) is 1. The number of rotatable bonds is 7. The predicted octanol–water partition coefficient (Wildman–Crippen LogP) is 2.58. The normalized spacial score (nSPS) is 15.9. The Morgan fingerprint density at radius 3 is 2.40 bits per heavy atom. The molecule has 1 aromatic heterocycles. The van der Waals surface area contributed by atoms with E-state index in [1.54, 1.807) is 4.68 Å². The van der Waals surface area contributed by atoms with Crippen molar-refractivity contribution in [2.24, 2.45) is 0 Å². The fraction of sp³-hybridized carbons (Fsp3) is 0.273. The van der Waals surface area contributed by atoms with Gasteiger partial charge < -0.3 is 5.32 Å². The van der Waals surface area contributed by atoms with Crippen molar-refractivity contribution in [3.63, 3.8) is 0 Å². The van der Waals surface area contributed by atoms with Crippen LogP contribution in [0.3, 0.4) is 0 Å². The number of sulfonamides is 1. The summed E-state index contributed by atoms with van der Waals surface area (Å²) in [4.78, 5) is 12.3. The van der Waals surface area contributed by atoms with Crippen molar-refractivity contribution in [3.05, 3.63) is 72.4 Å². The summed E-state index contributed by atoms with van der Waals surface area (Å²) in [5.74, 6) is -0.00292. The molecular weight excluding hydrogens is 400 g/mol. The molecule has 1 aliphatic rings. The molecule has 0 bridgehead atoms. The Balaban J connectivity index is 1.47. The largest absolute Gasteiger partial charge is 0.352 e. The van der Waals surface area contributed by atoms with Gasteiger partial charge in [0, 0.05) is 43.4 Å². The number of carbonyl (C=O) groups is 1. The van der Waals surface area contributed by atoms with Crippen LogP contribution in [0.2, 0.25) is 0 Å². The van der Waals surface area contributed by atoms with E-state index in [0.717, 1.165) is 22.5 Å². The smallest absolute Gasteiger partial charge is 0.221 e. The molecule has 1 saturated heterocycles. The van der Waals surface area contributed by atoms with Gasteiger partial charge in [0.15, 0.2) is 0 Å². The van der Waals surface area contributed by atoms with Gasteiger partial charge in [-0.05, 0) is 18.6 Å². The van der Waals surface area contributed by atoms with E-state index in [1.165, 1.54) is 4.31 Å². The van der Waals surface area contributed by atoms with Crippen LogP contribution in [-0.2, 0) is 21.4 Å². The quantitative estimate of drug-likeness (QED) is 0.632. The van der Waals surface area contributed by atoms with Crippen LogP contribution >= 0.6 is 0 Å². The number of aromatic nitrogens is 2. The second-order valence-electron chi connectivity index (χ2n) is 7.24. The number of carbonyl (C=O) groups excluding carboxylic acids is 1. The van der Waals surface area contributed by atoms with Crippen LogP contribution in [0.15, 0.2) is 66.9 Å². The Morgan fingerprint density at radius 2 is 1.73 bits per heavy atom. The molecule has 3 aromatic rings. The van der Waals surface area contributed by atoms with Crippen LogP contribution in [0.1, 0.15) is 18.4 Å². The van der Waals surface area contributed by atoms with Gasteiger partial charge in [0.05, 0.1) is 17.1 Å². The third-order valence-corrected chi connectivity index (χ3v) is 7.08. The number of nitrogens with zero attached hydrogens (tertiary/aromatic N) is 3. The van der Waals surface area contributed by atoms with E-state index in [4.69, 9.17) is 5.10 Å². The highest BCUT2D eigenvalue weighted by molar-refractivity contribution is 7.89. The Kier molecular flexibility index (Phi) is 5.96. The Hall–Kier alpha value is -2.97. The van der Waals surface area contributed by atoms with Gasteiger partial charge in [-0.3, -0.25) is 4.79 Å². The van der Waals surface area contributed by atoms with Crippen molar-refractivity contribution in [2.75, 3.05) is 18.8 Å². The number of amides is 1. The standard InChI is InChI=1S/C22H24N4O3S/c27-21(12-14-25-13-7-15-30(25,28)29)23-16-19-17-26(20-10-5-2-6-11-20)24-22(19)18-8-3-1-4-9-18/h1-6,8-11,17H,7,12-16H2,(H,23,27). The molecule has 4 rings (SSSR count). The van der Waals surface area contributed by atoms with Gasteiger partial charge in [0.25, 0.3) is 0 Å². The van der Waals surface area contributed by atoms with Crippen LogP contribution in [-0.4, -0.2) is 47.3 Å². The van der Waals surface area contributed by atoms with Gasteiger partial charge >= 0.3 is 0 Å². The molecule has 0 aliphatic carbocycles. The fourth-order valence-electron chi connectivity index (χ4n) is 3.54. The first-order valence-electron chi connectivity index (χ1n) is 9.97. The summed E-state index contributed by atoms with van der Waals surface area (Å²) in [5, 5.41) is 7.65. The van der Waals surface area contributed by atoms with Crippen LogP contribution in [0.4, 0.5) is 0 Å². The summed E-state index contributed by atoms with van der Waals surface area (Å²) in [5.41, 5.74) is 3.61. The Labute approximate surface area is 176 Å². The van der Waals surface area contributed by atoms with Gasteiger partial charge in [0.1, 0.15) is 0 Å². The molecular formula is C22H24N4O3S. The molecule has 7 nitrogen and oxygen atoms in total. The van der Waals surface area contributed by atoms with Gasteiger partial charge in [0.2, 0.25) is 15.9 Å². The van der Waals surface area contributed by atoms with Crippen LogP contribution in [0, 0.1) is 0 Å². The molecule has 0 saturated carbocycles. The molecule has 1 N–H and O–H groups in total. The van der Waals surface area contributed by atoms with Crippen LogP contribution < -0.4 is 5.32 Å². The third kappa shape index (κ3) is 4.60. The monoisotopic (exact) mass is 424 g/mol. The zero-order valence-corrected chi connectivity index (χ0v) is 17.4. The molecule has 0 radical (unpaired) electrons. The lowest BCUT2D eigenvalue weighted by Gasteiger charge is -2.13. The van der Waals surface area contributed by atoms with Crippen molar-refractivity contribution in [2.45, 2.75) is 19.4 Å². The highest BCUT2D eigenvalue weighted by atomic mass is 32.2. The van der Waals surface area contributed by atoms with E-state index < -0.39 is 10.0 Å². The lowest BCUT2D eigenvalue weighted by atomic mass is 10.1. The molecule has 1 amide bonds. The maximum absolute atomic E-state index is 12.3. The lowest BCUT2D eigenvalue weighted by molar-refractivity contribution is -0.121. The minimum atomic E-state index is -3.18. The number of benzene rings is 2. The number of nitrogens with one attached hydrogen (secondary N) is 1. The van der Waals surface area contributed by atoms with Crippen molar-refractivity contribution >= 4 is 15.9 Å². The van der Waals surface area contributed by atoms with Gasteiger partial charge in [-0.15, -0.1) is 0 Å². The van der Waals surface area contributed by atoms with Crippen molar-refractivity contribution in [3.8, 4) is 16.9 Å². The van der Waals surface area contributed by atoms with Crippen LogP contribution in [0.25, 0.3) is 16.9 Å². The third-order valence-electron chi connectivity index (χ3n) is 5.13. The van der Waals surface area contributed by atoms with Gasteiger partial charge in [-0.25, -0.2) is 17.4 Å². The molecule has 1 aliphatic heterocycles. The van der Waals surface area contributed by atoms with E-state index in [0.29, 0.717) is 19.5 Å². The van der Waals surface area contributed by atoms with Crippen molar-refractivity contribution in [1.29, 1.82) is 0 Å². The summed E-state index contributed by atoms with van der Waals surface area (Å²) in [6.07, 6.45) is 2.69. The molecule has 1 fully saturated rings. The Morgan fingerprint density at radius 1 is 1.03 bits per heavy atom. The second-order valence-corrected chi connectivity index (χ2v) is 9.33. The molecule has 0 unspecified atom stereocenters. The van der Waals surface area contributed by atoms with E-state index in [2.05, 4.69) is 5.32 Å². The first-order valence-corrected chi connectivity index (χ1v) is 11.6. The van der Waals surface area contributed by atoms with Gasteiger partial charge in [-0.1, -0.05) is 48.5 Å². The average molecular weight is 425 g/mol. The highest BCUT2D eigenvalue weighted by Crippen LogP contribution is 2.23. The van der Waals surface area contributed by atoms with E-state index in [1.807, 2.05) is 66.9 Å². The molecule has 2 heterocycles. The second kappa shape index (κ2) is 8.81. The zero-order chi connectivity index (χ0) is 21.0. The molecule has 0 atom stereocenters. The minimum Gasteiger partial charge on any atom is -0.352 e. The first-order chi connectivity index (χ1) is 14.5. The van der Waals surface area contributed by atoms with Gasteiger partial charge in [-0.2, -0.15) is 5.10 Å². The molecule has 2 aromatic carbocycles. The Bertz CT molecular complexity index is 1110. The minimum absolute atomic E-state index is 0.146. The van der Waals surface area contributed by atoms with Crippen molar-refractivity contribution < 1.29 is 13.2 Å². The fourth-order valence-corrected chi connectivity index (χ4v) is 5.07. The summed E-state index contributed by atoms with van der Waals surface area (Å²) in [6.45, 7) is 1.04. The summed E-state index contributed by atoms with van der Waals surface area (Å²) >= 11 is 0. The highest BCUT2D eigenvalue weighted by Gasteiger charge is 2.28. The number of para-hydroxylation sites is 1. The lowest BCUT2D eigenvalue weighted by Crippen LogP contribution is -2.31. The maximum atomic E-state index is 12.3. The molecule has 156 valence electrons. The van der Waals surface area contributed by atoms with E-state index in [-0.39, 0.29) is 24.6 Å². The SMILES string of the molecule is O=C(CCN1CCCS1(=O)=O)NCc1cn(-c2ccccc2)nc1-c1ccccc1. The molecule has 8 heteroatoms. The van der Waals surface area contributed by atoms with E-state index >= 15 is 0 Å². The average Bonchev–Trinajstić information content (AvgIpc) is 3.34. The summed E-state index contributed by atoms with van der Waals surface area (Å²) < 4.78 is 27.0. The van der Waals surface area contributed by atoms with E-state index in [9.17, 15) is 13.2 Å². The maximum Gasteiger partial charge on any atom is 0.221 e. The number of hydrogen-bond acceptors (Lipinski definition) is 4. The predicted molar refractivity (Wildman–Crippen MR) is 115 cm³/mol. The van der Waals surface area contributed by atoms with Crippen LogP contribution in [0.5, 0.6) is 0 Å². The summed E-state index contributed by atoms with van der Waals surface area (Å²) in [6, 6.07) is 19.6. The summed E-state index contributed by atoms with van der Waals surface area (Å²) in [7, 11) is -3.18. The topological polar surface area (TPSA) is 84.3 Å². The zero-order valence-electron chi connectivity index (χ0n) is 16.6. The molecule has 0 spiro atoms. The molecule has 30 heavy (non-hydrogen) atoms. The van der Waals surface area contributed by atoms with Crippen molar-refractivity contribution in [1.82, 2.24) is 19.4 Å². The first kappa shape index (κ1) is 20.3.